The summed E-state index contributed by atoms with van der Waals surface area (Å²) < 4.78 is 24.6. The monoisotopic (exact) mass is 395 g/mol. The average molecular weight is 395 g/mol. The molecular formula is C21H21N3O3S. The van der Waals surface area contributed by atoms with Gasteiger partial charge in [0.05, 0.1) is 35.2 Å². The van der Waals surface area contributed by atoms with Gasteiger partial charge in [0.2, 0.25) is 0 Å². The zero-order valence-corrected chi connectivity index (χ0v) is 16.4. The molecule has 2 heterocycles. The maximum Gasteiger partial charge on any atom is 0.325 e. The molecule has 0 spiro atoms. The standard InChI is InChI=1S/C21H21N3O3S/c1-2-15-6-8-18(9-7-15)24-20-14-28(26,27)13-19(20)23(21(24)25)12-17-5-3-4-16(10-17)11-22/h3-10,19-20H,2,12-14H2,1H3/t19-,20-/m1/s1. The van der Waals surface area contributed by atoms with Crippen LogP contribution in [0.4, 0.5) is 10.5 Å². The maximum absolute atomic E-state index is 13.2. The number of anilines is 1. The van der Waals surface area contributed by atoms with E-state index in [-0.39, 0.29) is 36.2 Å². The lowest BCUT2D eigenvalue weighted by molar-refractivity contribution is 0.206. The summed E-state index contributed by atoms with van der Waals surface area (Å²) >= 11 is 0. The van der Waals surface area contributed by atoms with Crippen LogP contribution in [-0.4, -0.2) is 42.9 Å². The lowest BCUT2D eigenvalue weighted by atomic mass is 10.1. The third-order valence-corrected chi connectivity index (χ3v) is 7.21. The quantitative estimate of drug-likeness (QED) is 0.746. The number of nitrogens with zero attached hydrogens (tertiary/aromatic N) is 3. The van der Waals surface area contributed by atoms with E-state index < -0.39 is 9.84 Å². The lowest BCUT2D eigenvalue weighted by Gasteiger charge is -2.23. The van der Waals surface area contributed by atoms with Crippen molar-refractivity contribution in [1.82, 2.24) is 4.90 Å². The van der Waals surface area contributed by atoms with Gasteiger partial charge in [-0.25, -0.2) is 13.2 Å². The zero-order chi connectivity index (χ0) is 19.9. The molecule has 2 aliphatic rings. The normalized spacial score (nSPS) is 22.9. The van der Waals surface area contributed by atoms with Crippen molar-refractivity contribution >= 4 is 21.6 Å². The maximum atomic E-state index is 13.2. The van der Waals surface area contributed by atoms with E-state index in [1.54, 1.807) is 28.0 Å². The van der Waals surface area contributed by atoms with Crippen molar-refractivity contribution in [2.75, 3.05) is 16.4 Å². The number of sulfone groups is 1. The highest BCUT2D eigenvalue weighted by Gasteiger charge is 2.53. The second-order valence-corrected chi connectivity index (χ2v) is 9.48. The fourth-order valence-corrected chi connectivity index (χ4v) is 6.04. The molecule has 2 aromatic rings. The topological polar surface area (TPSA) is 81.5 Å². The van der Waals surface area contributed by atoms with Crippen molar-refractivity contribution in [1.29, 1.82) is 5.26 Å². The van der Waals surface area contributed by atoms with Crippen LogP contribution in [-0.2, 0) is 22.8 Å². The number of benzene rings is 2. The first kappa shape index (κ1) is 18.5. The number of aryl methyl sites for hydroxylation is 1. The van der Waals surface area contributed by atoms with Crippen LogP contribution in [0, 0.1) is 11.3 Å². The Hall–Kier alpha value is -2.85. The molecule has 2 atom stereocenters. The number of rotatable bonds is 4. The molecule has 28 heavy (non-hydrogen) atoms. The molecule has 2 saturated heterocycles. The van der Waals surface area contributed by atoms with Crippen molar-refractivity contribution in [3.8, 4) is 6.07 Å². The molecular weight excluding hydrogens is 374 g/mol. The number of hydrogen-bond acceptors (Lipinski definition) is 4. The van der Waals surface area contributed by atoms with Crippen LogP contribution < -0.4 is 4.90 Å². The van der Waals surface area contributed by atoms with E-state index in [0.717, 1.165) is 23.2 Å². The van der Waals surface area contributed by atoms with E-state index in [9.17, 15) is 13.2 Å². The molecule has 0 saturated carbocycles. The number of urea groups is 1. The summed E-state index contributed by atoms with van der Waals surface area (Å²) in [7, 11) is -3.21. The number of carbonyl (C=O) groups is 1. The van der Waals surface area contributed by atoms with Crippen molar-refractivity contribution in [3.05, 3.63) is 65.2 Å². The van der Waals surface area contributed by atoms with Crippen molar-refractivity contribution in [2.24, 2.45) is 0 Å². The molecule has 0 aliphatic carbocycles. The van der Waals surface area contributed by atoms with Crippen LogP contribution in [0.1, 0.15) is 23.6 Å². The smallest absolute Gasteiger partial charge is 0.314 e. The molecule has 0 unspecified atom stereocenters. The Morgan fingerprint density at radius 1 is 1.07 bits per heavy atom. The molecule has 2 amide bonds. The third-order valence-electron chi connectivity index (χ3n) is 5.51. The molecule has 6 nitrogen and oxygen atoms in total. The van der Waals surface area contributed by atoms with Crippen LogP contribution in [0.5, 0.6) is 0 Å². The highest BCUT2D eigenvalue weighted by Crippen LogP contribution is 2.36. The van der Waals surface area contributed by atoms with Gasteiger partial charge in [0, 0.05) is 12.2 Å². The molecule has 144 valence electrons. The minimum Gasteiger partial charge on any atom is -0.314 e. The van der Waals surface area contributed by atoms with E-state index in [2.05, 4.69) is 13.0 Å². The summed E-state index contributed by atoms with van der Waals surface area (Å²) in [5.74, 6) is -0.0431. The Balaban J connectivity index is 1.68. The number of hydrogen-bond donors (Lipinski definition) is 0. The summed E-state index contributed by atoms with van der Waals surface area (Å²) in [6.07, 6.45) is 0.899. The van der Waals surface area contributed by atoms with Crippen LogP contribution in [0.3, 0.4) is 0 Å². The Morgan fingerprint density at radius 2 is 1.79 bits per heavy atom. The van der Waals surface area contributed by atoms with Gasteiger partial charge < -0.3 is 4.90 Å². The van der Waals surface area contributed by atoms with E-state index in [4.69, 9.17) is 5.26 Å². The predicted molar refractivity (Wildman–Crippen MR) is 107 cm³/mol. The summed E-state index contributed by atoms with van der Waals surface area (Å²) in [5, 5.41) is 9.11. The van der Waals surface area contributed by atoms with Crippen LogP contribution in [0.2, 0.25) is 0 Å². The molecule has 0 aromatic heterocycles. The van der Waals surface area contributed by atoms with Gasteiger partial charge in [-0.3, -0.25) is 4.90 Å². The van der Waals surface area contributed by atoms with Gasteiger partial charge in [0.15, 0.2) is 9.84 Å². The first-order valence-electron chi connectivity index (χ1n) is 9.30. The number of nitriles is 1. The first-order chi connectivity index (χ1) is 13.4. The van der Waals surface area contributed by atoms with Gasteiger partial charge in [-0.15, -0.1) is 0 Å². The zero-order valence-electron chi connectivity index (χ0n) is 15.6. The molecule has 4 rings (SSSR count). The average Bonchev–Trinajstić information content (AvgIpc) is 3.12. The molecule has 2 aromatic carbocycles. The van der Waals surface area contributed by atoms with Gasteiger partial charge in [0.25, 0.3) is 0 Å². The van der Waals surface area contributed by atoms with E-state index in [1.165, 1.54) is 0 Å². The van der Waals surface area contributed by atoms with E-state index in [1.807, 2.05) is 30.3 Å². The summed E-state index contributed by atoms with van der Waals surface area (Å²) in [4.78, 5) is 16.5. The van der Waals surface area contributed by atoms with Crippen LogP contribution in [0.25, 0.3) is 0 Å². The minimum absolute atomic E-state index is 0.0202. The second-order valence-electron chi connectivity index (χ2n) is 7.32. The molecule has 2 aliphatic heterocycles. The number of fused-ring (bicyclic) bond motifs is 1. The van der Waals surface area contributed by atoms with Gasteiger partial charge in [0.1, 0.15) is 0 Å². The third kappa shape index (κ3) is 3.25. The van der Waals surface area contributed by atoms with Crippen molar-refractivity contribution in [2.45, 2.75) is 32.0 Å². The second kappa shape index (κ2) is 6.95. The van der Waals surface area contributed by atoms with Gasteiger partial charge in [-0.2, -0.15) is 5.26 Å². The fourth-order valence-electron chi connectivity index (χ4n) is 4.09. The van der Waals surface area contributed by atoms with E-state index >= 15 is 0 Å². The Bertz CT molecular complexity index is 1060. The first-order valence-corrected chi connectivity index (χ1v) is 11.1. The Kier molecular flexibility index (Phi) is 4.60. The van der Waals surface area contributed by atoms with Gasteiger partial charge >= 0.3 is 6.03 Å². The summed E-state index contributed by atoms with van der Waals surface area (Å²) in [6, 6.07) is 15.9. The largest absolute Gasteiger partial charge is 0.325 e. The van der Waals surface area contributed by atoms with Gasteiger partial charge in [-0.05, 0) is 41.8 Å². The SMILES string of the molecule is CCc1ccc(N2C(=O)N(Cc3cccc(C#N)c3)[C@@H]3CS(=O)(=O)C[C@H]32)cc1. The predicted octanol–water partition coefficient (Wildman–Crippen LogP) is 2.73. The Morgan fingerprint density at radius 3 is 2.46 bits per heavy atom. The van der Waals surface area contributed by atoms with Crippen LogP contribution >= 0.6 is 0 Å². The number of carbonyl (C=O) groups excluding carboxylic acids is 1. The highest BCUT2D eigenvalue weighted by molar-refractivity contribution is 7.91. The molecule has 0 radical (unpaired) electrons. The van der Waals surface area contributed by atoms with E-state index in [0.29, 0.717) is 5.56 Å². The number of amides is 2. The molecule has 2 fully saturated rings. The summed E-state index contributed by atoms with van der Waals surface area (Å²) in [5.41, 5.74) is 3.23. The van der Waals surface area contributed by atoms with Gasteiger partial charge in [-0.1, -0.05) is 31.2 Å². The summed E-state index contributed by atoms with van der Waals surface area (Å²) in [6.45, 7) is 2.35. The van der Waals surface area contributed by atoms with Crippen LogP contribution in [0.15, 0.2) is 48.5 Å². The van der Waals surface area contributed by atoms with Crippen molar-refractivity contribution in [3.63, 3.8) is 0 Å². The molecule has 0 N–H and O–H groups in total. The fraction of sp³-hybridized carbons (Fsp3) is 0.333. The highest BCUT2D eigenvalue weighted by atomic mass is 32.2. The molecule has 7 heteroatoms. The lowest BCUT2D eigenvalue weighted by Crippen LogP contribution is -2.37. The molecule has 0 bridgehead atoms. The minimum atomic E-state index is -3.21. The van der Waals surface area contributed by atoms with Crippen molar-refractivity contribution < 1.29 is 13.2 Å². The Labute approximate surface area is 164 Å².